The van der Waals surface area contributed by atoms with Gasteiger partial charge in [0.25, 0.3) is 0 Å². The third-order valence-electron chi connectivity index (χ3n) is 5.02. The van der Waals surface area contributed by atoms with Crippen molar-refractivity contribution in [1.29, 1.82) is 0 Å². The van der Waals surface area contributed by atoms with Crippen LogP contribution in [0.1, 0.15) is 31.9 Å². The van der Waals surface area contributed by atoms with Crippen molar-refractivity contribution in [2.24, 2.45) is 0 Å². The summed E-state index contributed by atoms with van der Waals surface area (Å²) >= 11 is -2.42. The molecule has 3 aromatic rings. The van der Waals surface area contributed by atoms with Gasteiger partial charge in [-0.3, -0.25) is 0 Å². The van der Waals surface area contributed by atoms with E-state index in [2.05, 4.69) is 87.1 Å². The van der Waals surface area contributed by atoms with Gasteiger partial charge in [0.05, 0.1) is 0 Å². The second-order valence-electron chi connectivity index (χ2n) is 7.89. The predicted octanol–water partition coefficient (Wildman–Crippen LogP) is 4.34. The van der Waals surface area contributed by atoms with Crippen molar-refractivity contribution in [2.75, 3.05) is 0 Å². The molecule has 0 amide bonds. The molecule has 3 aromatic carbocycles. The fourth-order valence-electron chi connectivity index (χ4n) is 4.06. The predicted molar refractivity (Wildman–Crippen MR) is 113 cm³/mol. The molecule has 26 heavy (non-hydrogen) atoms. The molecule has 0 saturated heterocycles. The summed E-state index contributed by atoms with van der Waals surface area (Å²) in [5.74, 6) is 0. The Labute approximate surface area is 164 Å². The first-order chi connectivity index (χ1) is 12.4. The zero-order valence-corrected chi connectivity index (χ0v) is 19.1. The monoisotopic (exact) mass is 533 g/mol. The Hall–Kier alpha value is -1.97. The van der Waals surface area contributed by atoms with Crippen LogP contribution in [0.3, 0.4) is 0 Å². The van der Waals surface area contributed by atoms with Crippen LogP contribution >= 0.6 is 0 Å². The topological polar surface area (TPSA) is 4.36 Å². The summed E-state index contributed by atoms with van der Waals surface area (Å²) in [5, 5.41) is 0. The Morgan fingerprint density at radius 2 is 1.58 bits per heavy atom. The van der Waals surface area contributed by atoms with Crippen molar-refractivity contribution >= 4 is 37.3 Å². The molecule has 1 nitrogen and oxygen atoms in total. The van der Waals surface area contributed by atoms with Crippen LogP contribution in [0.4, 0.5) is 5.69 Å². The summed E-state index contributed by atoms with van der Waals surface area (Å²) in [7, 11) is 0. The first kappa shape index (κ1) is 17.4. The minimum atomic E-state index is -2.42. The van der Waals surface area contributed by atoms with Gasteiger partial charge in [-0.2, -0.15) is 0 Å². The summed E-state index contributed by atoms with van der Waals surface area (Å²) in [5.41, 5.74) is 6.57. The van der Waals surface area contributed by atoms with Gasteiger partial charge in [0.1, 0.15) is 0 Å². The summed E-state index contributed by atoms with van der Waals surface area (Å²) in [6, 6.07) is 22.0. The fourth-order valence-corrected chi connectivity index (χ4v) is 16.2. The van der Waals surface area contributed by atoms with Gasteiger partial charge in [0, 0.05) is 0 Å². The second-order valence-corrected chi connectivity index (χ2v) is 16.1. The number of fused-ring (bicyclic) bond motifs is 3. The van der Waals surface area contributed by atoms with Gasteiger partial charge in [-0.1, -0.05) is 0 Å². The molecule has 0 aromatic heterocycles. The SMILES string of the molecule is [C-]#[N+]c1ccc2[c](c1)[Bi]([c]1ccccc1)[c]1c-2ccc(C)c1C(C)(C)C. The first-order valence-electron chi connectivity index (χ1n) is 8.93. The summed E-state index contributed by atoms with van der Waals surface area (Å²) in [4.78, 5) is 3.71. The maximum atomic E-state index is 7.46. The van der Waals surface area contributed by atoms with E-state index < -0.39 is 21.8 Å². The van der Waals surface area contributed by atoms with Gasteiger partial charge in [-0.25, -0.2) is 0 Å². The number of hydrogen-bond acceptors (Lipinski definition) is 0. The van der Waals surface area contributed by atoms with Gasteiger partial charge in [0.15, 0.2) is 0 Å². The molecule has 1 aliphatic rings. The normalized spacial score (nSPS) is 13.2. The van der Waals surface area contributed by atoms with E-state index in [0.717, 1.165) is 5.69 Å². The van der Waals surface area contributed by atoms with Crippen LogP contribution in [0, 0.1) is 13.5 Å². The van der Waals surface area contributed by atoms with Crippen LogP contribution < -0.4 is 9.81 Å². The zero-order valence-electron chi connectivity index (χ0n) is 15.7. The second kappa shape index (κ2) is 6.33. The number of hydrogen-bond donors (Lipinski definition) is 0. The Bertz CT molecular complexity index is 1040. The van der Waals surface area contributed by atoms with E-state index in [1.54, 1.807) is 3.27 Å². The molecular formula is C24H22BiN. The number of benzene rings is 3. The average molecular weight is 533 g/mol. The van der Waals surface area contributed by atoms with Crippen molar-refractivity contribution in [3.63, 3.8) is 0 Å². The third-order valence-corrected chi connectivity index (χ3v) is 15.0. The van der Waals surface area contributed by atoms with Crippen LogP contribution in [0.5, 0.6) is 0 Å². The van der Waals surface area contributed by atoms with Crippen molar-refractivity contribution in [3.05, 3.63) is 83.2 Å². The van der Waals surface area contributed by atoms with Crippen LogP contribution in [0.25, 0.3) is 16.0 Å². The van der Waals surface area contributed by atoms with E-state index in [0.29, 0.717) is 0 Å². The molecule has 0 aliphatic carbocycles. The van der Waals surface area contributed by atoms with Crippen LogP contribution in [-0.4, -0.2) is 21.8 Å². The molecule has 0 atom stereocenters. The van der Waals surface area contributed by atoms with E-state index in [-0.39, 0.29) is 5.41 Å². The van der Waals surface area contributed by atoms with Crippen molar-refractivity contribution in [3.8, 4) is 11.1 Å². The van der Waals surface area contributed by atoms with E-state index >= 15 is 0 Å². The van der Waals surface area contributed by atoms with Crippen LogP contribution in [0.2, 0.25) is 0 Å². The average Bonchev–Trinajstić information content (AvgIpc) is 2.94. The van der Waals surface area contributed by atoms with Crippen LogP contribution in [-0.2, 0) is 5.41 Å². The Balaban J connectivity index is 2.10. The molecule has 0 saturated carbocycles. The summed E-state index contributed by atoms with van der Waals surface area (Å²) in [6.45, 7) is 16.7. The molecule has 1 heterocycles. The Morgan fingerprint density at radius 3 is 2.23 bits per heavy atom. The quantitative estimate of drug-likeness (QED) is 0.254. The van der Waals surface area contributed by atoms with Crippen molar-refractivity contribution in [2.45, 2.75) is 33.1 Å². The van der Waals surface area contributed by atoms with Gasteiger partial charge < -0.3 is 0 Å². The van der Waals surface area contributed by atoms with E-state index in [1.165, 1.54) is 28.8 Å². The summed E-state index contributed by atoms with van der Waals surface area (Å²) < 4.78 is 4.59. The van der Waals surface area contributed by atoms with Crippen LogP contribution in [0.15, 0.2) is 60.7 Å². The molecule has 0 N–H and O–H groups in total. The molecule has 0 spiro atoms. The molecule has 4 rings (SSSR count). The molecule has 128 valence electrons. The first-order valence-corrected chi connectivity index (χ1v) is 14.1. The molecule has 2 heteroatoms. The minimum absolute atomic E-state index is 0.114. The standard InChI is InChI=1S/C18H17N.C6H5.Bi/c1-13-6-7-15(12-17(13)18(2,3)4)14-8-10-16(19-5)11-9-14;1-2-4-6-5-3-1;/h6-8,10-11H,1-4H3;1-5H;. The van der Waals surface area contributed by atoms with Crippen molar-refractivity contribution in [1.82, 2.24) is 0 Å². The molecule has 0 radical (unpaired) electrons. The van der Waals surface area contributed by atoms with Crippen molar-refractivity contribution < 1.29 is 0 Å². The fraction of sp³-hybridized carbons (Fsp3) is 0.208. The molecule has 0 bridgehead atoms. The van der Waals surface area contributed by atoms with E-state index in [1.807, 2.05) is 6.07 Å². The molecule has 1 aliphatic heterocycles. The molecule has 0 fully saturated rings. The van der Waals surface area contributed by atoms with Gasteiger partial charge >= 0.3 is 165 Å². The van der Waals surface area contributed by atoms with Gasteiger partial charge in [-0.05, 0) is 0 Å². The number of nitrogens with zero attached hydrogens (tertiary/aromatic N) is 1. The number of aryl methyl sites for hydroxylation is 1. The zero-order chi connectivity index (χ0) is 18.5. The van der Waals surface area contributed by atoms with Gasteiger partial charge in [0.2, 0.25) is 0 Å². The van der Waals surface area contributed by atoms with E-state index in [9.17, 15) is 0 Å². The Kier molecular flexibility index (Phi) is 4.25. The Morgan fingerprint density at radius 1 is 0.885 bits per heavy atom. The molecular weight excluding hydrogens is 511 g/mol. The third kappa shape index (κ3) is 2.70. The number of rotatable bonds is 1. The van der Waals surface area contributed by atoms with Gasteiger partial charge in [-0.15, -0.1) is 0 Å². The summed E-state index contributed by atoms with van der Waals surface area (Å²) in [6.07, 6.45) is 0. The van der Waals surface area contributed by atoms with E-state index in [4.69, 9.17) is 6.57 Å². The maximum absolute atomic E-state index is 7.46. The molecule has 0 unspecified atom stereocenters.